The molecule has 186 valence electrons. The van der Waals surface area contributed by atoms with Crippen molar-refractivity contribution < 1.29 is 52.7 Å². The molecule has 1 aromatic rings. The van der Waals surface area contributed by atoms with Gasteiger partial charge in [0.1, 0.15) is 41.9 Å². The van der Waals surface area contributed by atoms with Crippen molar-refractivity contribution in [2.24, 2.45) is 0 Å². The molecule has 1 amide bonds. The summed E-state index contributed by atoms with van der Waals surface area (Å²) in [5.74, 6) is -0.666. The molecule has 0 aromatic heterocycles. The first kappa shape index (κ1) is 27.0. The maximum atomic E-state index is 13.4. The van der Waals surface area contributed by atoms with Crippen molar-refractivity contribution in [1.82, 2.24) is 10.4 Å². The van der Waals surface area contributed by atoms with Gasteiger partial charge in [-0.1, -0.05) is 0 Å². The van der Waals surface area contributed by atoms with E-state index in [1.165, 1.54) is 33.1 Å². The van der Waals surface area contributed by atoms with E-state index < -0.39 is 62.9 Å². The van der Waals surface area contributed by atoms with Gasteiger partial charge in [-0.15, -0.1) is 0 Å². The summed E-state index contributed by atoms with van der Waals surface area (Å²) in [6, 6.07) is 3.62. The van der Waals surface area contributed by atoms with Crippen LogP contribution in [0, 0.1) is 0 Å². The van der Waals surface area contributed by atoms with E-state index in [1.54, 1.807) is 12.1 Å². The highest BCUT2D eigenvalue weighted by atomic mass is 31.2. The van der Waals surface area contributed by atoms with Gasteiger partial charge in [-0.2, -0.15) is 5.09 Å². The van der Waals surface area contributed by atoms with Crippen molar-refractivity contribution in [3.05, 3.63) is 24.3 Å². The van der Waals surface area contributed by atoms with E-state index in [4.69, 9.17) is 18.5 Å². The monoisotopic (exact) mass is 492 g/mol. The molecule has 14 heteroatoms. The van der Waals surface area contributed by atoms with Gasteiger partial charge in [0.25, 0.3) is 0 Å². The Morgan fingerprint density at radius 1 is 1.12 bits per heavy atom. The van der Waals surface area contributed by atoms with E-state index >= 15 is 0 Å². The fourth-order valence-electron chi connectivity index (χ4n) is 2.98. The summed E-state index contributed by atoms with van der Waals surface area (Å²) >= 11 is 0. The first-order valence-electron chi connectivity index (χ1n) is 9.90. The van der Waals surface area contributed by atoms with E-state index in [0.717, 1.165) is 7.11 Å². The van der Waals surface area contributed by atoms with Gasteiger partial charge in [0.15, 0.2) is 6.29 Å². The van der Waals surface area contributed by atoms with Crippen LogP contribution in [-0.4, -0.2) is 84.7 Å². The van der Waals surface area contributed by atoms with Crippen molar-refractivity contribution in [2.45, 2.75) is 50.5 Å². The molecule has 1 heterocycles. The van der Waals surface area contributed by atoms with Crippen molar-refractivity contribution in [2.75, 3.05) is 20.8 Å². The number of nitrogens with one attached hydrogen (secondary N) is 2. The predicted molar refractivity (Wildman–Crippen MR) is 112 cm³/mol. The molecule has 5 N–H and O–H groups in total. The second-order valence-corrected chi connectivity index (χ2v) is 8.90. The molecule has 1 aromatic carbocycles. The van der Waals surface area contributed by atoms with Gasteiger partial charge in [-0.3, -0.25) is 14.1 Å². The number of carbonyl (C=O) groups is 2. The van der Waals surface area contributed by atoms with Crippen LogP contribution >= 0.6 is 7.75 Å². The van der Waals surface area contributed by atoms with Crippen LogP contribution in [0.5, 0.6) is 11.5 Å². The molecule has 33 heavy (non-hydrogen) atoms. The number of esters is 1. The molecule has 1 aliphatic rings. The Kier molecular flexibility index (Phi) is 9.61. The molecule has 13 nitrogen and oxygen atoms in total. The number of amides is 1. The summed E-state index contributed by atoms with van der Waals surface area (Å²) in [4.78, 5) is 23.0. The lowest BCUT2D eigenvalue weighted by Gasteiger charge is -2.40. The first-order chi connectivity index (χ1) is 15.5. The Bertz CT molecular complexity index is 853. The smallest absolute Gasteiger partial charge is 0.459 e. The van der Waals surface area contributed by atoms with E-state index in [0.29, 0.717) is 5.75 Å². The second kappa shape index (κ2) is 11.7. The number of rotatable bonds is 10. The first-order valence-corrected chi connectivity index (χ1v) is 11.4. The largest absolute Gasteiger partial charge is 0.497 e. The molecule has 7 atom stereocenters. The van der Waals surface area contributed by atoms with Gasteiger partial charge in [0.2, 0.25) is 5.91 Å². The number of carbonyl (C=O) groups excluding carboxylic acids is 2. The number of aliphatic hydroxyl groups excluding tert-OH is 3. The molecule has 0 bridgehead atoms. The maximum Gasteiger partial charge on any atom is 0.459 e. The topological polar surface area (TPSA) is 182 Å². The molecular formula is C19H29N2O11P. The highest BCUT2D eigenvalue weighted by Gasteiger charge is 2.45. The van der Waals surface area contributed by atoms with Crippen LogP contribution in [0.2, 0.25) is 0 Å². The fraction of sp³-hybridized carbons (Fsp3) is 0.579. The fourth-order valence-corrected chi connectivity index (χ4v) is 4.48. The van der Waals surface area contributed by atoms with Crippen molar-refractivity contribution in [3.8, 4) is 11.5 Å². The number of hydrogen-bond acceptors (Lipinski definition) is 11. The van der Waals surface area contributed by atoms with Gasteiger partial charge < -0.3 is 39.4 Å². The van der Waals surface area contributed by atoms with Gasteiger partial charge in [-0.05, 0) is 31.2 Å². The highest BCUT2D eigenvalue weighted by Crippen LogP contribution is 2.45. The normalized spacial score (nSPS) is 27.7. The number of benzene rings is 1. The standard InChI is InChI=1S/C19H29N2O11P/c1-10(18(25)29-4)21-33(27,32-13-7-5-12(28-3)6-8-13)30-9-14-16(23)17(24)15(19(26)31-14)20-11(2)22/h5-8,10,14-17,19,23-24,26H,9H2,1-4H3,(H,20,22)(H,21,27)/t10-,14+,15+,16+,17+,19?,33?/m0/s1. The minimum Gasteiger partial charge on any atom is -0.497 e. The molecule has 0 aliphatic carbocycles. The van der Waals surface area contributed by atoms with Crippen LogP contribution < -0.4 is 19.7 Å². The van der Waals surface area contributed by atoms with E-state index in [-0.39, 0.29) is 5.75 Å². The lowest BCUT2D eigenvalue weighted by atomic mass is 9.97. The Labute approximate surface area is 190 Å². The third kappa shape index (κ3) is 7.37. The van der Waals surface area contributed by atoms with Crippen LogP contribution in [0.4, 0.5) is 0 Å². The van der Waals surface area contributed by atoms with Crippen molar-refractivity contribution in [1.29, 1.82) is 0 Å². The molecule has 2 unspecified atom stereocenters. The van der Waals surface area contributed by atoms with Crippen LogP contribution in [0.3, 0.4) is 0 Å². The molecule has 0 radical (unpaired) electrons. The maximum absolute atomic E-state index is 13.4. The van der Waals surface area contributed by atoms with Crippen LogP contribution in [-0.2, 0) is 28.2 Å². The summed E-state index contributed by atoms with van der Waals surface area (Å²) in [5, 5.41) is 35.4. The SMILES string of the molecule is COC(=O)[C@H](C)NP(=O)(OC[C@H]1OC(O)[C@H](NC(C)=O)[C@@H](O)[C@@H]1O)Oc1ccc(OC)cc1. The second-order valence-electron chi connectivity index (χ2n) is 7.21. The minimum absolute atomic E-state index is 0.111. The zero-order chi connectivity index (χ0) is 24.8. The zero-order valence-electron chi connectivity index (χ0n) is 18.5. The Hall–Kier alpha value is -2.25. The average molecular weight is 492 g/mol. The lowest BCUT2D eigenvalue weighted by molar-refractivity contribution is -0.252. The number of aliphatic hydroxyl groups is 3. The van der Waals surface area contributed by atoms with E-state index in [9.17, 15) is 29.5 Å². The summed E-state index contributed by atoms with van der Waals surface area (Å²) in [5.41, 5.74) is 0. The molecule has 2 rings (SSSR count). The third-order valence-corrected chi connectivity index (χ3v) is 6.33. The predicted octanol–water partition coefficient (Wildman–Crippen LogP) is -0.706. The minimum atomic E-state index is -4.27. The number of ether oxygens (including phenoxy) is 3. The Balaban J connectivity index is 2.15. The summed E-state index contributed by atoms with van der Waals surface area (Å²) < 4.78 is 39.1. The van der Waals surface area contributed by atoms with Gasteiger partial charge in [0, 0.05) is 6.92 Å². The van der Waals surface area contributed by atoms with Gasteiger partial charge >= 0.3 is 13.7 Å². The average Bonchev–Trinajstić information content (AvgIpc) is 2.77. The zero-order valence-corrected chi connectivity index (χ0v) is 19.4. The Morgan fingerprint density at radius 2 is 1.73 bits per heavy atom. The number of methoxy groups -OCH3 is 2. The number of hydrogen-bond donors (Lipinski definition) is 5. The van der Waals surface area contributed by atoms with Crippen molar-refractivity contribution in [3.63, 3.8) is 0 Å². The summed E-state index contributed by atoms with van der Waals surface area (Å²) in [6.07, 6.45) is -6.24. The Morgan fingerprint density at radius 3 is 2.27 bits per heavy atom. The molecule has 1 aliphatic heterocycles. The van der Waals surface area contributed by atoms with Crippen LogP contribution in [0.1, 0.15) is 13.8 Å². The van der Waals surface area contributed by atoms with E-state index in [1.807, 2.05) is 0 Å². The van der Waals surface area contributed by atoms with Gasteiger partial charge in [-0.25, -0.2) is 4.57 Å². The summed E-state index contributed by atoms with van der Waals surface area (Å²) in [6.45, 7) is 1.93. The third-order valence-electron chi connectivity index (χ3n) is 4.69. The van der Waals surface area contributed by atoms with Crippen LogP contribution in [0.25, 0.3) is 0 Å². The van der Waals surface area contributed by atoms with Crippen LogP contribution in [0.15, 0.2) is 24.3 Å². The quantitative estimate of drug-likeness (QED) is 0.205. The van der Waals surface area contributed by atoms with Crippen molar-refractivity contribution >= 4 is 19.6 Å². The molecular weight excluding hydrogens is 463 g/mol. The lowest BCUT2D eigenvalue weighted by Crippen LogP contribution is -2.64. The van der Waals surface area contributed by atoms with Gasteiger partial charge in [0.05, 0.1) is 20.8 Å². The molecule has 1 saturated heterocycles. The van der Waals surface area contributed by atoms with E-state index in [2.05, 4.69) is 15.1 Å². The molecule has 0 spiro atoms. The summed E-state index contributed by atoms with van der Waals surface area (Å²) in [7, 11) is -1.65. The molecule has 0 saturated carbocycles. The molecule has 1 fully saturated rings. The highest BCUT2D eigenvalue weighted by molar-refractivity contribution is 7.52.